The number of rotatable bonds is 5. The van der Waals surface area contributed by atoms with Gasteiger partial charge in [-0.3, -0.25) is 0 Å². The Bertz CT molecular complexity index is 923. The lowest BCUT2D eigenvalue weighted by Gasteiger charge is -2.27. The van der Waals surface area contributed by atoms with Gasteiger partial charge in [-0.25, -0.2) is 0 Å². The molecule has 0 nitrogen and oxygen atoms in total. The first kappa shape index (κ1) is 32.4. The SMILES string of the molecule is [c]1c(-c2[c]c(C3CCCCCCC3)cc(C3CCCCCCC3)c2)cc(C2CCCCCCC2)cc1C1CCCCCCC1. The second-order valence-electron chi connectivity index (χ2n) is 15.7. The van der Waals surface area contributed by atoms with E-state index < -0.39 is 0 Å². The van der Waals surface area contributed by atoms with Gasteiger partial charge < -0.3 is 0 Å². The van der Waals surface area contributed by atoms with Crippen LogP contribution in [0.25, 0.3) is 11.1 Å². The highest BCUT2D eigenvalue weighted by Gasteiger charge is 2.23. The lowest BCUT2D eigenvalue weighted by molar-refractivity contribution is 0.448. The molecule has 0 aromatic heterocycles. The third-order valence-corrected chi connectivity index (χ3v) is 12.4. The van der Waals surface area contributed by atoms with Crippen LogP contribution >= 0.6 is 0 Å². The van der Waals surface area contributed by atoms with Crippen LogP contribution in [-0.4, -0.2) is 0 Å². The van der Waals surface area contributed by atoms with Crippen molar-refractivity contribution in [3.63, 3.8) is 0 Å². The predicted octanol–water partition coefficient (Wildman–Crippen LogP) is 14.3. The van der Waals surface area contributed by atoms with Crippen LogP contribution in [0, 0.1) is 12.1 Å². The average Bonchev–Trinajstić information content (AvgIpc) is 2.96. The molecule has 0 aliphatic heterocycles. The molecule has 4 saturated carbocycles. The zero-order valence-electron chi connectivity index (χ0n) is 28.4. The molecule has 4 aliphatic carbocycles. The van der Waals surface area contributed by atoms with Crippen molar-refractivity contribution in [2.45, 2.75) is 203 Å². The summed E-state index contributed by atoms with van der Waals surface area (Å²) in [6.07, 6.45) is 39.4. The molecule has 0 amide bonds. The predicted molar refractivity (Wildman–Crippen MR) is 190 cm³/mol. The molecule has 2 aromatic rings. The summed E-state index contributed by atoms with van der Waals surface area (Å²) in [6, 6.07) is 18.9. The smallest absolute Gasteiger partial charge is 0.00609 e. The highest BCUT2D eigenvalue weighted by Crippen LogP contribution is 2.41. The van der Waals surface area contributed by atoms with Gasteiger partial charge in [-0.1, -0.05) is 153 Å². The lowest BCUT2D eigenvalue weighted by atomic mass is 9.78. The second kappa shape index (κ2) is 17.4. The fourth-order valence-electron chi connectivity index (χ4n) is 9.55. The molecule has 2 radical (unpaired) electrons. The minimum atomic E-state index is 0.696. The van der Waals surface area contributed by atoms with E-state index in [9.17, 15) is 0 Å². The third-order valence-electron chi connectivity index (χ3n) is 12.4. The van der Waals surface area contributed by atoms with E-state index in [2.05, 4.69) is 36.4 Å². The average molecular weight is 593 g/mol. The van der Waals surface area contributed by atoms with Crippen LogP contribution in [0.4, 0.5) is 0 Å². The van der Waals surface area contributed by atoms with E-state index in [4.69, 9.17) is 0 Å². The molecule has 44 heavy (non-hydrogen) atoms. The van der Waals surface area contributed by atoms with Crippen molar-refractivity contribution in [2.75, 3.05) is 0 Å². The lowest BCUT2D eigenvalue weighted by Crippen LogP contribution is -2.09. The Balaban J connectivity index is 1.41. The van der Waals surface area contributed by atoms with Gasteiger partial charge >= 0.3 is 0 Å². The van der Waals surface area contributed by atoms with Crippen LogP contribution in [0.2, 0.25) is 0 Å². The Morgan fingerprint density at radius 2 is 0.545 bits per heavy atom. The highest BCUT2D eigenvalue weighted by molar-refractivity contribution is 5.67. The minimum absolute atomic E-state index is 0.696. The fourth-order valence-corrected chi connectivity index (χ4v) is 9.55. The van der Waals surface area contributed by atoms with Gasteiger partial charge in [0.2, 0.25) is 0 Å². The quantitative estimate of drug-likeness (QED) is 0.324. The summed E-state index contributed by atoms with van der Waals surface area (Å²) >= 11 is 0. The molecule has 0 atom stereocenters. The molecule has 240 valence electrons. The zero-order valence-corrected chi connectivity index (χ0v) is 28.4. The van der Waals surface area contributed by atoms with Gasteiger partial charge in [0.15, 0.2) is 0 Å². The Kier molecular flexibility index (Phi) is 12.8. The summed E-state index contributed by atoms with van der Waals surface area (Å²) in [7, 11) is 0. The zero-order chi connectivity index (χ0) is 29.8. The van der Waals surface area contributed by atoms with Crippen molar-refractivity contribution in [1.82, 2.24) is 0 Å². The van der Waals surface area contributed by atoms with E-state index >= 15 is 0 Å². The monoisotopic (exact) mass is 593 g/mol. The Morgan fingerprint density at radius 1 is 0.295 bits per heavy atom. The molecule has 4 aliphatic rings. The number of hydrogen-bond acceptors (Lipinski definition) is 0. The van der Waals surface area contributed by atoms with Crippen LogP contribution in [0.5, 0.6) is 0 Å². The molecular formula is C44H64. The normalized spacial score (nSPS) is 23.7. The van der Waals surface area contributed by atoms with Crippen LogP contribution in [0.1, 0.15) is 226 Å². The van der Waals surface area contributed by atoms with Gasteiger partial charge in [0.05, 0.1) is 0 Å². The molecular weight excluding hydrogens is 528 g/mol. The van der Waals surface area contributed by atoms with Crippen LogP contribution < -0.4 is 0 Å². The summed E-state index contributed by atoms with van der Waals surface area (Å²) < 4.78 is 0. The first-order chi connectivity index (χ1) is 21.8. The van der Waals surface area contributed by atoms with Gasteiger partial charge in [-0.15, -0.1) is 0 Å². The van der Waals surface area contributed by atoms with Crippen molar-refractivity contribution < 1.29 is 0 Å². The Hall–Kier alpha value is -1.56. The molecule has 0 saturated heterocycles. The standard InChI is InChI=1S/C44H64/c1-5-13-21-35(22-14-6-1)39-29-40(36-23-15-7-2-8-16-24-36)32-43(31-39)44-33-41(37-25-17-9-3-10-18-26-37)30-42(34-44)38-27-19-11-4-12-20-28-38/h29-31,33,35-38H,1-28H2. The van der Waals surface area contributed by atoms with Crippen LogP contribution in [0.3, 0.4) is 0 Å². The van der Waals surface area contributed by atoms with E-state index in [1.165, 1.54) is 191 Å². The second-order valence-corrected chi connectivity index (χ2v) is 15.7. The third kappa shape index (κ3) is 9.26. The van der Waals surface area contributed by atoms with E-state index in [0.717, 1.165) is 11.8 Å². The fraction of sp³-hybridized carbons (Fsp3) is 0.727. The van der Waals surface area contributed by atoms with Crippen molar-refractivity contribution in [1.29, 1.82) is 0 Å². The van der Waals surface area contributed by atoms with E-state index in [0.29, 0.717) is 11.8 Å². The maximum absolute atomic E-state index is 4.16. The number of benzene rings is 2. The molecule has 6 rings (SSSR count). The highest BCUT2D eigenvalue weighted by atomic mass is 14.3. The Labute approximate surface area is 272 Å². The first-order valence-electron chi connectivity index (χ1n) is 20.0. The number of hydrogen-bond donors (Lipinski definition) is 0. The van der Waals surface area contributed by atoms with Crippen molar-refractivity contribution in [2.24, 2.45) is 0 Å². The van der Waals surface area contributed by atoms with Gasteiger partial charge in [-0.05, 0) is 121 Å². The maximum Gasteiger partial charge on any atom is -0.00609 e. The van der Waals surface area contributed by atoms with E-state index in [1.807, 2.05) is 0 Å². The molecule has 0 unspecified atom stereocenters. The van der Waals surface area contributed by atoms with Gasteiger partial charge in [-0.2, -0.15) is 0 Å². The summed E-state index contributed by atoms with van der Waals surface area (Å²) in [6.45, 7) is 0. The summed E-state index contributed by atoms with van der Waals surface area (Å²) in [5, 5.41) is 0. The van der Waals surface area contributed by atoms with Crippen molar-refractivity contribution in [3.8, 4) is 11.1 Å². The maximum atomic E-state index is 4.16. The molecule has 4 fully saturated rings. The van der Waals surface area contributed by atoms with Gasteiger partial charge in [0.25, 0.3) is 0 Å². The van der Waals surface area contributed by atoms with Gasteiger partial charge in [0, 0.05) is 0 Å². The first-order valence-corrected chi connectivity index (χ1v) is 20.0. The minimum Gasteiger partial charge on any atom is -0.0546 e. The van der Waals surface area contributed by atoms with E-state index in [1.54, 1.807) is 22.3 Å². The summed E-state index contributed by atoms with van der Waals surface area (Å²) in [5.74, 6) is 2.85. The molecule has 0 heterocycles. The molecule has 0 spiro atoms. The molecule has 2 aromatic carbocycles. The topological polar surface area (TPSA) is 0 Å². The molecule has 0 N–H and O–H groups in total. The molecule has 0 heteroatoms. The van der Waals surface area contributed by atoms with Crippen LogP contribution in [-0.2, 0) is 0 Å². The van der Waals surface area contributed by atoms with E-state index in [-0.39, 0.29) is 0 Å². The summed E-state index contributed by atoms with van der Waals surface area (Å²) in [4.78, 5) is 0. The van der Waals surface area contributed by atoms with Crippen molar-refractivity contribution >= 4 is 0 Å². The molecule has 0 bridgehead atoms. The largest absolute Gasteiger partial charge is 0.0546 e. The van der Waals surface area contributed by atoms with Crippen LogP contribution in [0.15, 0.2) is 24.3 Å². The van der Waals surface area contributed by atoms with Crippen molar-refractivity contribution in [3.05, 3.63) is 58.7 Å². The Morgan fingerprint density at radius 3 is 0.841 bits per heavy atom. The van der Waals surface area contributed by atoms with Gasteiger partial charge in [0.1, 0.15) is 0 Å². The summed E-state index contributed by atoms with van der Waals surface area (Å²) in [5.41, 5.74) is 9.19.